The fourth-order valence-electron chi connectivity index (χ4n) is 3.64. The van der Waals surface area contributed by atoms with Crippen molar-refractivity contribution < 1.29 is 9.59 Å². The quantitative estimate of drug-likeness (QED) is 0.859. The van der Waals surface area contributed by atoms with E-state index in [9.17, 15) is 9.59 Å². The van der Waals surface area contributed by atoms with Crippen molar-refractivity contribution in [1.82, 2.24) is 30.8 Å². The standard InChI is InChI=1S/C17H20N6O2/c1-10(24)23-8-14(11-6-7-11)15(9-23)18-17(25)13-5-3-2-4-12(13)16-19-21-22-20-16/h2-5,11,14-15H,6-9H2,1H3,(H,18,25)(H,19,20,21,22)/t14-,15+/m1/s1. The number of hydrogen-bond donors (Lipinski definition) is 2. The van der Waals surface area contributed by atoms with Gasteiger partial charge in [0.05, 0.1) is 11.6 Å². The Bertz CT molecular complexity index is 786. The molecule has 1 aliphatic heterocycles. The van der Waals surface area contributed by atoms with Gasteiger partial charge >= 0.3 is 0 Å². The summed E-state index contributed by atoms with van der Waals surface area (Å²) in [5.41, 5.74) is 1.15. The van der Waals surface area contributed by atoms with Gasteiger partial charge in [-0.15, -0.1) is 10.2 Å². The van der Waals surface area contributed by atoms with Crippen LogP contribution in [-0.2, 0) is 4.79 Å². The van der Waals surface area contributed by atoms with E-state index in [1.54, 1.807) is 19.1 Å². The molecule has 2 fully saturated rings. The SMILES string of the molecule is CC(=O)N1C[C@H](NC(=O)c2ccccc2-c2nn[nH]n2)[C@@H](C2CC2)C1. The third kappa shape index (κ3) is 3.11. The van der Waals surface area contributed by atoms with Gasteiger partial charge in [-0.25, -0.2) is 0 Å². The van der Waals surface area contributed by atoms with E-state index in [2.05, 4.69) is 25.9 Å². The van der Waals surface area contributed by atoms with Gasteiger partial charge in [-0.3, -0.25) is 9.59 Å². The van der Waals surface area contributed by atoms with Crippen LogP contribution in [-0.4, -0.2) is 56.5 Å². The molecule has 2 amide bonds. The highest BCUT2D eigenvalue weighted by molar-refractivity contribution is 6.00. The second-order valence-corrected chi connectivity index (χ2v) is 6.79. The number of likely N-dealkylation sites (tertiary alicyclic amines) is 1. The van der Waals surface area contributed by atoms with Gasteiger partial charge in [-0.1, -0.05) is 18.2 Å². The highest BCUT2D eigenvalue weighted by Crippen LogP contribution is 2.41. The molecule has 1 aliphatic carbocycles. The smallest absolute Gasteiger partial charge is 0.252 e. The summed E-state index contributed by atoms with van der Waals surface area (Å²) < 4.78 is 0. The molecule has 130 valence electrons. The second-order valence-electron chi connectivity index (χ2n) is 6.79. The molecule has 2 aromatic rings. The first-order valence-corrected chi connectivity index (χ1v) is 8.52. The number of benzene rings is 1. The Hall–Kier alpha value is -2.77. The van der Waals surface area contributed by atoms with E-state index in [0.717, 1.165) is 6.54 Å². The van der Waals surface area contributed by atoms with Crippen molar-refractivity contribution in [3.63, 3.8) is 0 Å². The highest BCUT2D eigenvalue weighted by atomic mass is 16.2. The maximum Gasteiger partial charge on any atom is 0.252 e. The Balaban J connectivity index is 1.55. The number of rotatable bonds is 4. The van der Waals surface area contributed by atoms with E-state index in [-0.39, 0.29) is 17.9 Å². The molecule has 0 radical (unpaired) electrons. The van der Waals surface area contributed by atoms with E-state index in [0.29, 0.717) is 35.3 Å². The van der Waals surface area contributed by atoms with Crippen molar-refractivity contribution in [3.05, 3.63) is 29.8 Å². The Morgan fingerprint density at radius 1 is 1.24 bits per heavy atom. The summed E-state index contributed by atoms with van der Waals surface area (Å²) >= 11 is 0. The molecule has 2 aliphatic rings. The van der Waals surface area contributed by atoms with E-state index >= 15 is 0 Å². The van der Waals surface area contributed by atoms with Crippen molar-refractivity contribution in [2.45, 2.75) is 25.8 Å². The summed E-state index contributed by atoms with van der Waals surface area (Å²) in [4.78, 5) is 26.4. The Morgan fingerprint density at radius 3 is 2.72 bits per heavy atom. The lowest BCUT2D eigenvalue weighted by atomic mass is 9.97. The first kappa shape index (κ1) is 15.7. The van der Waals surface area contributed by atoms with Crippen molar-refractivity contribution in [2.75, 3.05) is 13.1 Å². The first-order chi connectivity index (χ1) is 12.1. The fourth-order valence-corrected chi connectivity index (χ4v) is 3.64. The van der Waals surface area contributed by atoms with Gasteiger partial charge in [-0.2, -0.15) is 5.21 Å². The average Bonchev–Trinajstić information content (AvgIpc) is 3.14. The second kappa shape index (κ2) is 6.27. The summed E-state index contributed by atoms with van der Waals surface area (Å²) in [6.07, 6.45) is 2.37. The number of hydrogen-bond acceptors (Lipinski definition) is 5. The van der Waals surface area contributed by atoms with Crippen molar-refractivity contribution >= 4 is 11.8 Å². The Morgan fingerprint density at radius 2 is 2.04 bits per heavy atom. The van der Waals surface area contributed by atoms with Crippen molar-refractivity contribution in [3.8, 4) is 11.4 Å². The molecule has 2 heterocycles. The minimum atomic E-state index is -0.165. The van der Waals surface area contributed by atoms with Crippen LogP contribution in [0.25, 0.3) is 11.4 Å². The lowest BCUT2D eigenvalue weighted by Crippen LogP contribution is -2.41. The van der Waals surface area contributed by atoms with Gasteiger partial charge in [-0.05, 0) is 30.0 Å². The molecule has 0 spiro atoms. The zero-order valence-corrected chi connectivity index (χ0v) is 14.0. The number of amides is 2. The van der Waals surface area contributed by atoms with Gasteiger partial charge in [0.15, 0.2) is 0 Å². The van der Waals surface area contributed by atoms with E-state index in [1.807, 2.05) is 17.0 Å². The summed E-state index contributed by atoms with van der Waals surface area (Å²) in [5, 5.41) is 17.0. The third-order valence-electron chi connectivity index (χ3n) is 5.11. The number of aromatic nitrogens is 4. The van der Waals surface area contributed by atoms with Crippen LogP contribution < -0.4 is 5.32 Å². The predicted molar refractivity (Wildman–Crippen MR) is 89.3 cm³/mol. The summed E-state index contributed by atoms with van der Waals surface area (Å²) in [5.74, 6) is 1.24. The minimum absolute atomic E-state index is 0.0118. The largest absolute Gasteiger partial charge is 0.347 e. The van der Waals surface area contributed by atoms with Crippen LogP contribution in [0.5, 0.6) is 0 Å². The molecule has 1 saturated heterocycles. The van der Waals surface area contributed by atoms with Gasteiger partial charge in [0.1, 0.15) is 0 Å². The van der Waals surface area contributed by atoms with Crippen LogP contribution in [0.4, 0.5) is 0 Å². The van der Waals surface area contributed by atoms with Gasteiger partial charge in [0.25, 0.3) is 5.91 Å². The number of tetrazole rings is 1. The van der Waals surface area contributed by atoms with E-state index in [4.69, 9.17) is 0 Å². The maximum absolute atomic E-state index is 12.9. The average molecular weight is 340 g/mol. The molecule has 1 aromatic carbocycles. The normalized spacial score (nSPS) is 22.8. The Labute approximate surface area is 145 Å². The molecule has 25 heavy (non-hydrogen) atoms. The fraction of sp³-hybridized carbons (Fsp3) is 0.471. The lowest BCUT2D eigenvalue weighted by molar-refractivity contribution is -0.128. The minimum Gasteiger partial charge on any atom is -0.347 e. The number of carbonyl (C=O) groups is 2. The molecule has 0 bridgehead atoms. The number of carbonyl (C=O) groups excluding carboxylic acids is 2. The molecule has 2 atom stereocenters. The third-order valence-corrected chi connectivity index (χ3v) is 5.11. The van der Waals surface area contributed by atoms with Gasteiger partial charge in [0, 0.05) is 31.5 Å². The van der Waals surface area contributed by atoms with Crippen LogP contribution in [0.3, 0.4) is 0 Å². The topological polar surface area (TPSA) is 104 Å². The zero-order valence-electron chi connectivity index (χ0n) is 14.0. The number of aromatic amines is 1. The first-order valence-electron chi connectivity index (χ1n) is 8.52. The molecule has 2 N–H and O–H groups in total. The van der Waals surface area contributed by atoms with E-state index < -0.39 is 0 Å². The lowest BCUT2D eigenvalue weighted by Gasteiger charge is -2.19. The van der Waals surface area contributed by atoms with E-state index in [1.165, 1.54) is 12.8 Å². The van der Waals surface area contributed by atoms with Crippen LogP contribution in [0.15, 0.2) is 24.3 Å². The molecule has 4 rings (SSSR count). The molecular formula is C17H20N6O2. The van der Waals surface area contributed by atoms with Gasteiger partial charge < -0.3 is 10.2 Å². The summed E-state index contributed by atoms with van der Waals surface area (Å²) in [6.45, 7) is 2.89. The molecule has 8 nitrogen and oxygen atoms in total. The van der Waals surface area contributed by atoms with Crippen LogP contribution in [0, 0.1) is 11.8 Å². The monoisotopic (exact) mass is 340 g/mol. The molecule has 0 unspecified atom stereocenters. The van der Waals surface area contributed by atoms with Crippen LogP contribution in [0.2, 0.25) is 0 Å². The summed E-state index contributed by atoms with van der Waals surface area (Å²) in [6, 6.07) is 7.19. The van der Waals surface area contributed by atoms with Crippen molar-refractivity contribution in [2.24, 2.45) is 11.8 Å². The number of H-pyrrole nitrogens is 1. The van der Waals surface area contributed by atoms with Crippen LogP contribution in [0.1, 0.15) is 30.1 Å². The van der Waals surface area contributed by atoms with Gasteiger partial charge in [0.2, 0.25) is 11.7 Å². The Kier molecular flexibility index (Phi) is 3.95. The number of nitrogens with one attached hydrogen (secondary N) is 2. The predicted octanol–water partition coefficient (Wildman–Crippen LogP) is 0.853. The molecule has 1 saturated carbocycles. The maximum atomic E-state index is 12.9. The summed E-state index contributed by atoms with van der Waals surface area (Å²) in [7, 11) is 0. The van der Waals surface area contributed by atoms with Crippen molar-refractivity contribution in [1.29, 1.82) is 0 Å². The molecular weight excluding hydrogens is 320 g/mol. The zero-order chi connectivity index (χ0) is 17.4. The molecule has 1 aromatic heterocycles. The molecule has 8 heteroatoms. The highest BCUT2D eigenvalue weighted by Gasteiger charge is 2.43. The number of nitrogens with zero attached hydrogens (tertiary/aromatic N) is 4. The van der Waals surface area contributed by atoms with Crippen LogP contribution >= 0.6 is 0 Å².